The van der Waals surface area contributed by atoms with Crippen LogP contribution in [0.15, 0.2) is 30.3 Å². The fourth-order valence-corrected chi connectivity index (χ4v) is 4.72. The number of rotatable bonds is 5. The topological polar surface area (TPSA) is 104 Å². The number of hydrogen-bond donors (Lipinski definition) is 1. The first-order valence-corrected chi connectivity index (χ1v) is 10.5. The molecule has 9 heteroatoms. The first-order valence-electron chi connectivity index (χ1n) is 9.09. The minimum Gasteiger partial charge on any atom is -0.478 e. The van der Waals surface area contributed by atoms with E-state index in [1.54, 1.807) is 31.2 Å². The van der Waals surface area contributed by atoms with E-state index in [2.05, 4.69) is 9.97 Å². The van der Waals surface area contributed by atoms with Crippen LogP contribution >= 0.6 is 0 Å². The summed E-state index contributed by atoms with van der Waals surface area (Å²) in [5.74, 6) is -0.496. The van der Waals surface area contributed by atoms with Crippen LogP contribution in [0.2, 0.25) is 0 Å². The number of carboxylic acids is 1. The molecule has 3 rings (SSSR count). The van der Waals surface area contributed by atoms with Gasteiger partial charge in [0.1, 0.15) is 5.82 Å². The lowest BCUT2D eigenvalue weighted by Gasteiger charge is -2.36. The average Bonchev–Trinajstić information content (AvgIpc) is 2.67. The van der Waals surface area contributed by atoms with Crippen LogP contribution in [0, 0.1) is 6.92 Å². The third kappa shape index (κ3) is 4.06. The number of aromatic nitrogens is 2. The highest BCUT2D eigenvalue weighted by Crippen LogP contribution is 2.34. The van der Waals surface area contributed by atoms with Gasteiger partial charge in [-0.25, -0.2) is 14.8 Å². The molecule has 1 aliphatic heterocycles. The molecule has 1 N–H and O–H groups in total. The third-order valence-corrected chi connectivity index (χ3v) is 6.77. The van der Waals surface area contributed by atoms with Crippen LogP contribution in [0.3, 0.4) is 0 Å². The Morgan fingerprint density at radius 2 is 1.96 bits per heavy atom. The summed E-state index contributed by atoms with van der Waals surface area (Å²) in [4.78, 5) is 20.2. The van der Waals surface area contributed by atoms with E-state index < -0.39 is 16.2 Å². The summed E-state index contributed by atoms with van der Waals surface area (Å²) in [7, 11) is -0.531. The van der Waals surface area contributed by atoms with E-state index in [4.69, 9.17) is 0 Å². The van der Waals surface area contributed by atoms with E-state index in [1.807, 2.05) is 0 Å². The Morgan fingerprint density at radius 1 is 1.21 bits per heavy atom. The van der Waals surface area contributed by atoms with Gasteiger partial charge in [-0.2, -0.15) is 17.0 Å². The molecule has 28 heavy (non-hydrogen) atoms. The predicted molar refractivity (Wildman–Crippen MR) is 105 cm³/mol. The molecule has 0 unspecified atom stereocenters. The van der Waals surface area contributed by atoms with Crippen LogP contribution in [0.4, 0.5) is 0 Å². The second-order valence-corrected chi connectivity index (χ2v) is 9.12. The Hall–Kier alpha value is -2.36. The van der Waals surface area contributed by atoms with Gasteiger partial charge >= 0.3 is 5.97 Å². The maximum atomic E-state index is 12.8. The van der Waals surface area contributed by atoms with E-state index in [9.17, 15) is 18.3 Å². The summed E-state index contributed by atoms with van der Waals surface area (Å²) in [5.41, 5.74) is 2.04. The first-order chi connectivity index (χ1) is 13.2. The van der Waals surface area contributed by atoms with Gasteiger partial charge in [0.2, 0.25) is 0 Å². The second-order valence-electron chi connectivity index (χ2n) is 7.02. The lowest BCUT2D eigenvalue weighted by atomic mass is 10.00. The molecule has 0 bridgehead atoms. The molecule has 1 aromatic heterocycles. The number of aromatic carboxylic acids is 1. The van der Waals surface area contributed by atoms with E-state index >= 15 is 0 Å². The van der Waals surface area contributed by atoms with Gasteiger partial charge in [0.25, 0.3) is 10.2 Å². The summed E-state index contributed by atoms with van der Waals surface area (Å²) in [5, 5.41) is 9.23. The lowest BCUT2D eigenvalue weighted by molar-refractivity contribution is 0.0697. The van der Waals surface area contributed by atoms with Crippen molar-refractivity contribution < 1.29 is 18.3 Å². The minimum absolute atomic E-state index is 0.171. The van der Waals surface area contributed by atoms with Crippen molar-refractivity contribution in [2.24, 2.45) is 0 Å². The van der Waals surface area contributed by atoms with Crippen LogP contribution in [-0.4, -0.2) is 58.7 Å². The van der Waals surface area contributed by atoms with Crippen LogP contribution in [-0.2, 0) is 10.2 Å². The fourth-order valence-electron chi connectivity index (χ4n) is 3.41. The summed E-state index contributed by atoms with van der Waals surface area (Å²) in [6.45, 7) is 2.19. The molecule has 2 aromatic rings. The van der Waals surface area contributed by atoms with Crippen molar-refractivity contribution in [1.29, 1.82) is 0 Å². The monoisotopic (exact) mass is 404 g/mol. The normalized spacial score (nSPS) is 18.4. The number of aryl methyl sites for hydroxylation is 1. The molecule has 0 saturated carbocycles. The molecule has 1 atom stereocenters. The van der Waals surface area contributed by atoms with Crippen LogP contribution in [0.5, 0.6) is 0 Å². The Balaban J connectivity index is 2.05. The predicted octanol–water partition coefficient (Wildman–Crippen LogP) is 2.48. The molecular formula is C19H24N4O4S. The number of carboxylic acid groups (broad SMARTS) is 1. The van der Waals surface area contributed by atoms with E-state index in [1.165, 1.54) is 28.8 Å². The Kier molecular flexibility index (Phi) is 5.78. The van der Waals surface area contributed by atoms with Gasteiger partial charge < -0.3 is 5.11 Å². The highest BCUT2D eigenvalue weighted by atomic mass is 32.2. The van der Waals surface area contributed by atoms with Crippen molar-refractivity contribution in [1.82, 2.24) is 18.6 Å². The maximum Gasteiger partial charge on any atom is 0.335 e. The SMILES string of the molecule is Cc1nc(-c2cccc(C(=O)O)c2)cc([C@H]2CCCCN2S(=O)(=O)N(C)C)n1. The zero-order valence-corrected chi connectivity index (χ0v) is 17.0. The molecule has 2 heterocycles. The minimum atomic E-state index is -3.58. The highest BCUT2D eigenvalue weighted by Gasteiger charge is 2.35. The van der Waals surface area contributed by atoms with E-state index in [-0.39, 0.29) is 11.6 Å². The molecule has 1 aromatic carbocycles. The van der Waals surface area contributed by atoms with Gasteiger partial charge in [-0.05, 0) is 38.0 Å². The number of hydrogen-bond acceptors (Lipinski definition) is 5. The Labute approximate surface area is 165 Å². The smallest absolute Gasteiger partial charge is 0.335 e. The van der Waals surface area contributed by atoms with Crippen molar-refractivity contribution in [3.05, 3.63) is 47.4 Å². The van der Waals surface area contributed by atoms with Crippen LogP contribution in [0.1, 0.15) is 47.2 Å². The van der Waals surface area contributed by atoms with E-state index in [0.717, 1.165) is 12.8 Å². The van der Waals surface area contributed by atoms with Gasteiger partial charge in [-0.3, -0.25) is 0 Å². The fraction of sp³-hybridized carbons (Fsp3) is 0.421. The van der Waals surface area contributed by atoms with Crippen molar-refractivity contribution in [2.75, 3.05) is 20.6 Å². The average molecular weight is 404 g/mol. The van der Waals surface area contributed by atoms with Gasteiger partial charge in [-0.15, -0.1) is 0 Å². The Bertz CT molecular complexity index is 991. The first kappa shape index (κ1) is 20.4. The quantitative estimate of drug-likeness (QED) is 0.821. The molecule has 1 saturated heterocycles. The lowest BCUT2D eigenvalue weighted by Crippen LogP contribution is -2.44. The molecule has 0 aliphatic carbocycles. The molecule has 8 nitrogen and oxygen atoms in total. The van der Waals surface area contributed by atoms with Crippen LogP contribution in [0.25, 0.3) is 11.3 Å². The van der Waals surface area contributed by atoms with Gasteiger partial charge in [0.15, 0.2) is 0 Å². The third-order valence-electron chi connectivity index (χ3n) is 4.82. The zero-order valence-electron chi connectivity index (χ0n) is 16.2. The van der Waals surface area contributed by atoms with Gasteiger partial charge in [0, 0.05) is 26.2 Å². The van der Waals surface area contributed by atoms with Crippen molar-refractivity contribution >= 4 is 16.2 Å². The Morgan fingerprint density at radius 3 is 2.64 bits per heavy atom. The van der Waals surface area contributed by atoms with E-state index in [0.29, 0.717) is 35.7 Å². The van der Waals surface area contributed by atoms with Crippen molar-refractivity contribution in [2.45, 2.75) is 32.2 Å². The molecule has 0 radical (unpaired) electrons. The molecular weight excluding hydrogens is 380 g/mol. The van der Waals surface area contributed by atoms with Crippen LogP contribution < -0.4 is 0 Å². The molecule has 1 fully saturated rings. The largest absolute Gasteiger partial charge is 0.478 e. The summed E-state index contributed by atoms with van der Waals surface area (Å²) >= 11 is 0. The summed E-state index contributed by atoms with van der Waals surface area (Å²) in [6, 6.07) is 7.93. The highest BCUT2D eigenvalue weighted by molar-refractivity contribution is 7.86. The summed E-state index contributed by atoms with van der Waals surface area (Å²) < 4.78 is 28.3. The zero-order chi connectivity index (χ0) is 20.5. The standard InChI is InChI=1S/C19H24N4O4S/c1-13-20-16(14-7-6-8-15(11-14)19(24)25)12-17(21-13)18-9-4-5-10-23(18)28(26,27)22(2)3/h6-8,11-12,18H,4-5,9-10H2,1-3H3,(H,24,25)/t18-/m1/s1. The van der Waals surface area contributed by atoms with Gasteiger partial charge in [0.05, 0.1) is 23.0 Å². The number of benzene rings is 1. The maximum absolute atomic E-state index is 12.8. The molecule has 150 valence electrons. The molecule has 1 aliphatic rings. The summed E-state index contributed by atoms with van der Waals surface area (Å²) in [6.07, 6.45) is 2.40. The van der Waals surface area contributed by atoms with Crippen molar-refractivity contribution in [3.8, 4) is 11.3 Å². The second kappa shape index (κ2) is 7.94. The van der Waals surface area contributed by atoms with Gasteiger partial charge in [-0.1, -0.05) is 18.6 Å². The van der Waals surface area contributed by atoms with Crippen molar-refractivity contribution in [3.63, 3.8) is 0 Å². The molecule has 0 spiro atoms. The number of carbonyl (C=O) groups is 1. The molecule has 0 amide bonds. The number of nitrogens with zero attached hydrogens (tertiary/aromatic N) is 4. The number of piperidine rings is 1.